The van der Waals surface area contributed by atoms with Crippen LogP contribution in [0.3, 0.4) is 0 Å². The number of fused-ring (bicyclic) bond motifs is 3. The monoisotopic (exact) mass is 313 g/mol. The van der Waals surface area contributed by atoms with E-state index in [0.29, 0.717) is 35.8 Å². The van der Waals surface area contributed by atoms with E-state index in [2.05, 4.69) is 27.3 Å². The van der Waals surface area contributed by atoms with Crippen molar-refractivity contribution in [3.8, 4) is 0 Å². The van der Waals surface area contributed by atoms with Gasteiger partial charge >= 0.3 is 0 Å². The van der Waals surface area contributed by atoms with E-state index in [1.807, 2.05) is 0 Å². The van der Waals surface area contributed by atoms with Gasteiger partial charge in [-0.3, -0.25) is 4.79 Å². The van der Waals surface area contributed by atoms with Crippen molar-refractivity contribution < 1.29 is 9.89 Å². The smallest absolute Gasteiger partial charge is 0.279 e. The Morgan fingerprint density at radius 2 is 2.09 bits per heavy atom. The standard InChI is InChI=1S/C17H20N4O2/c1-21-12-3-4-13(21)7-10(6-12)8-16(22)17-14-5-2-11(20-23)9-15(14)18-19-17/h2,5,9-10,12-13H,3-4,6-8H2,1H3,(H,18,19)/p+1. The number of hydrogen-bond donors (Lipinski definition) is 1. The number of nitrogens with zero attached hydrogens (tertiary/aromatic N) is 2. The molecule has 1 aromatic carbocycles. The van der Waals surface area contributed by atoms with Gasteiger partial charge in [0.15, 0.2) is 0 Å². The number of ketones is 1. The third-order valence-corrected chi connectivity index (χ3v) is 5.65. The maximum Gasteiger partial charge on any atom is 0.279 e. The van der Waals surface area contributed by atoms with E-state index in [-0.39, 0.29) is 5.78 Å². The lowest BCUT2D eigenvalue weighted by Gasteiger charge is -2.35. The molecular formula is C17H21N4O2+. The van der Waals surface area contributed by atoms with E-state index in [0.717, 1.165) is 23.7 Å². The third kappa shape index (κ3) is 2.47. The van der Waals surface area contributed by atoms with Gasteiger partial charge < -0.3 is 4.90 Å². The van der Waals surface area contributed by atoms with Gasteiger partial charge in [-0.25, -0.2) is 0 Å². The highest BCUT2D eigenvalue weighted by Crippen LogP contribution is 2.39. The van der Waals surface area contributed by atoms with Gasteiger partial charge in [-0.05, 0) is 62.0 Å². The van der Waals surface area contributed by atoms with Crippen molar-refractivity contribution in [2.24, 2.45) is 11.1 Å². The summed E-state index contributed by atoms with van der Waals surface area (Å²) in [6.45, 7) is 0. The van der Waals surface area contributed by atoms with Crippen molar-refractivity contribution in [2.75, 3.05) is 7.05 Å². The molecule has 0 amide bonds. The average molecular weight is 313 g/mol. The number of hydrogen-bond acceptors (Lipinski definition) is 4. The third-order valence-electron chi connectivity index (χ3n) is 5.65. The molecule has 2 saturated heterocycles. The van der Waals surface area contributed by atoms with Crippen LogP contribution in [0.2, 0.25) is 0 Å². The molecule has 6 heteroatoms. The molecule has 3 heterocycles. The molecule has 2 N–H and O–H groups in total. The fraction of sp³-hybridized carbons (Fsp3) is 0.529. The molecule has 2 aliphatic heterocycles. The highest BCUT2D eigenvalue weighted by Gasteiger charge is 2.39. The molecular weight excluding hydrogens is 292 g/mol. The first-order valence-electron chi connectivity index (χ1n) is 8.27. The maximum absolute atomic E-state index is 12.7. The molecule has 2 bridgehead atoms. The van der Waals surface area contributed by atoms with Gasteiger partial charge in [-0.2, -0.15) is 5.10 Å². The first-order chi connectivity index (χ1) is 11.2. The second-order valence-corrected chi connectivity index (χ2v) is 6.96. The van der Waals surface area contributed by atoms with Crippen LogP contribution in [-0.4, -0.2) is 34.9 Å². The van der Waals surface area contributed by atoms with Crippen molar-refractivity contribution in [2.45, 2.75) is 44.2 Å². The number of piperidine rings is 1. The fourth-order valence-corrected chi connectivity index (χ4v) is 4.38. The van der Waals surface area contributed by atoms with Crippen LogP contribution in [0.1, 0.15) is 42.6 Å². The predicted molar refractivity (Wildman–Crippen MR) is 86.6 cm³/mol. The Kier molecular flexibility index (Phi) is 3.49. The van der Waals surface area contributed by atoms with Crippen LogP contribution in [0.5, 0.6) is 0 Å². The minimum absolute atomic E-state index is 0.150. The van der Waals surface area contributed by atoms with Crippen LogP contribution < -0.4 is 5.10 Å². The summed E-state index contributed by atoms with van der Waals surface area (Å²) in [6, 6.07) is 6.39. The summed E-state index contributed by atoms with van der Waals surface area (Å²) >= 11 is 0. The van der Waals surface area contributed by atoms with Gasteiger partial charge in [-0.15, -0.1) is 10.0 Å². The highest BCUT2D eigenvalue weighted by atomic mass is 16.3. The molecule has 0 aliphatic carbocycles. The summed E-state index contributed by atoms with van der Waals surface area (Å²) in [5, 5.41) is 9.69. The molecule has 23 heavy (non-hydrogen) atoms. The normalized spacial score (nSPS) is 27.4. The number of nitrogens with one attached hydrogen (secondary N) is 2. The van der Waals surface area contributed by atoms with Gasteiger partial charge in [0.05, 0.1) is 5.39 Å². The van der Waals surface area contributed by atoms with Crippen molar-refractivity contribution in [3.05, 3.63) is 28.8 Å². The maximum atomic E-state index is 12.7. The zero-order valence-electron chi connectivity index (χ0n) is 13.2. The van der Waals surface area contributed by atoms with Crippen LogP contribution in [0.4, 0.5) is 5.69 Å². The van der Waals surface area contributed by atoms with Crippen molar-refractivity contribution in [1.82, 2.24) is 10.00 Å². The first kappa shape index (κ1) is 14.5. The summed E-state index contributed by atoms with van der Waals surface area (Å²) in [6.07, 6.45) is 5.39. The number of aromatic nitrogens is 2. The summed E-state index contributed by atoms with van der Waals surface area (Å²) in [4.78, 5) is 25.8. The van der Waals surface area contributed by atoms with Crippen LogP contribution in [-0.2, 0) is 0 Å². The molecule has 0 radical (unpaired) electrons. The number of carbonyl (C=O) groups excluding carboxylic acids is 1. The number of benzene rings is 1. The second kappa shape index (κ2) is 5.53. The predicted octanol–water partition coefficient (Wildman–Crippen LogP) is 2.83. The Balaban J connectivity index is 1.52. The van der Waals surface area contributed by atoms with E-state index < -0.39 is 0 Å². The summed E-state index contributed by atoms with van der Waals surface area (Å²) < 4.78 is 0. The van der Waals surface area contributed by atoms with Crippen molar-refractivity contribution in [1.29, 1.82) is 0 Å². The summed E-state index contributed by atoms with van der Waals surface area (Å²) in [7, 11) is 2.21. The fourth-order valence-electron chi connectivity index (χ4n) is 4.38. The Morgan fingerprint density at radius 1 is 1.35 bits per heavy atom. The summed E-state index contributed by atoms with van der Waals surface area (Å²) in [5.74, 6) is 0.627. The van der Waals surface area contributed by atoms with E-state index in [1.165, 1.54) is 12.8 Å². The molecule has 2 atom stereocenters. The Bertz CT molecular complexity index is 755. The molecule has 120 valence electrons. The van der Waals surface area contributed by atoms with E-state index in [9.17, 15) is 9.70 Å². The molecule has 2 aromatic rings. The minimum Gasteiger partial charge on any atom is -0.300 e. The average Bonchev–Trinajstić information content (AvgIpc) is 3.04. The van der Waals surface area contributed by atoms with Crippen molar-refractivity contribution in [3.63, 3.8) is 0 Å². The number of carbonyl (C=O) groups is 1. The molecule has 2 aliphatic rings. The Morgan fingerprint density at radius 3 is 2.78 bits per heavy atom. The number of aromatic amines is 2. The lowest BCUT2D eigenvalue weighted by Crippen LogP contribution is -2.40. The lowest BCUT2D eigenvalue weighted by molar-refractivity contribution is -0.449. The van der Waals surface area contributed by atoms with Gasteiger partial charge in [-0.1, -0.05) is 0 Å². The first-order valence-corrected chi connectivity index (χ1v) is 8.27. The lowest BCUT2D eigenvalue weighted by atomic mass is 9.86. The largest absolute Gasteiger partial charge is 0.300 e. The molecule has 0 spiro atoms. The number of Topliss-reactive ketones (excluding diaryl/α,β-unsaturated/α-hetero) is 1. The number of H-pyrrole nitrogens is 2. The minimum atomic E-state index is 0.150. The van der Waals surface area contributed by atoms with E-state index in [1.54, 1.807) is 18.2 Å². The van der Waals surface area contributed by atoms with Gasteiger partial charge in [0.25, 0.3) is 5.69 Å². The van der Waals surface area contributed by atoms with Crippen LogP contribution in [0.25, 0.3) is 10.9 Å². The molecule has 2 fully saturated rings. The topological polar surface area (TPSA) is 79.7 Å². The van der Waals surface area contributed by atoms with Crippen LogP contribution >= 0.6 is 0 Å². The van der Waals surface area contributed by atoms with Crippen LogP contribution in [0, 0.1) is 10.8 Å². The van der Waals surface area contributed by atoms with Crippen molar-refractivity contribution >= 4 is 22.4 Å². The molecule has 1 aromatic heterocycles. The van der Waals surface area contributed by atoms with Gasteiger partial charge in [0, 0.05) is 18.5 Å². The zero-order chi connectivity index (χ0) is 16.0. The van der Waals surface area contributed by atoms with Crippen LogP contribution in [0.15, 0.2) is 23.4 Å². The second-order valence-electron chi connectivity index (χ2n) is 6.96. The van der Waals surface area contributed by atoms with E-state index in [4.69, 9.17) is 0 Å². The van der Waals surface area contributed by atoms with E-state index >= 15 is 0 Å². The molecule has 0 saturated carbocycles. The summed E-state index contributed by atoms with van der Waals surface area (Å²) in [5.41, 5.74) is 1.72. The Labute approximate surface area is 134 Å². The quantitative estimate of drug-likeness (QED) is 0.696. The molecule has 4 rings (SSSR count). The molecule has 6 nitrogen and oxygen atoms in total. The highest BCUT2D eigenvalue weighted by molar-refractivity contribution is 6.04. The zero-order valence-corrected chi connectivity index (χ0v) is 13.2. The van der Waals surface area contributed by atoms with Gasteiger partial charge in [0.1, 0.15) is 11.2 Å². The number of rotatable bonds is 4. The number of nitroso groups, excluding NO2 is 1. The SMILES string of the molecule is CN1C2CCC1CC(CC(=O)c1[nH+][nH]c3cc(N=O)ccc13)C2. The Hall–Kier alpha value is -2.08. The molecule has 2 unspecified atom stereocenters. The van der Waals surface area contributed by atoms with Gasteiger partial charge in [0.2, 0.25) is 5.78 Å².